The van der Waals surface area contributed by atoms with Crippen LogP contribution in [0.1, 0.15) is 16.8 Å². The number of hydrogen-bond donors (Lipinski definition) is 1. The Kier molecular flexibility index (Phi) is 4.76. The minimum absolute atomic E-state index is 0.0250. The molecule has 1 fully saturated rings. The molecule has 1 unspecified atom stereocenters. The fraction of sp³-hybridized carbons (Fsp3) is 0.500. The molecule has 19 heavy (non-hydrogen) atoms. The van der Waals surface area contributed by atoms with Crippen LogP contribution in [0.2, 0.25) is 0 Å². The van der Waals surface area contributed by atoms with E-state index < -0.39 is 0 Å². The van der Waals surface area contributed by atoms with E-state index in [0.29, 0.717) is 36.6 Å². The number of carbonyl (C=O) groups is 1. The first-order chi connectivity index (χ1) is 9.26. The van der Waals surface area contributed by atoms with Crippen LogP contribution < -0.4 is 14.8 Å². The number of morpholine rings is 1. The van der Waals surface area contributed by atoms with Crippen LogP contribution in [0.25, 0.3) is 0 Å². The summed E-state index contributed by atoms with van der Waals surface area (Å²) in [7, 11) is 3.09. The van der Waals surface area contributed by atoms with E-state index in [4.69, 9.17) is 14.2 Å². The summed E-state index contributed by atoms with van der Waals surface area (Å²) < 4.78 is 16.0. The summed E-state index contributed by atoms with van der Waals surface area (Å²) in [4.78, 5) is 12.4. The SMILES string of the molecule is COc1cccc(OC)c1C(=O)CC1CNCCO1. The minimum atomic E-state index is -0.0872. The van der Waals surface area contributed by atoms with Crippen molar-refractivity contribution in [2.45, 2.75) is 12.5 Å². The summed E-state index contributed by atoms with van der Waals surface area (Å²) >= 11 is 0. The van der Waals surface area contributed by atoms with Crippen molar-refractivity contribution in [2.75, 3.05) is 33.9 Å². The second-order valence-electron chi connectivity index (χ2n) is 4.36. The van der Waals surface area contributed by atoms with Crippen LogP contribution in [0.5, 0.6) is 11.5 Å². The zero-order valence-electron chi connectivity index (χ0n) is 11.3. The minimum Gasteiger partial charge on any atom is -0.496 e. The number of benzene rings is 1. The molecular formula is C14H19NO4. The van der Waals surface area contributed by atoms with Gasteiger partial charge in [0.1, 0.15) is 17.1 Å². The average molecular weight is 265 g/mol. The Labute approximate surface area is 112 Å². The molecule has 1 heterocycles. The topological polar surface area (TPSA) is 56.8 Å². The molecule has 0 bridgehead atoms. The van der Waals surface area contributed by atoms with Gasteiger partial charge in [-0.3, -0.25) is 4.79 Å². The quantitative estimate of drug-likeness (QED) is 0.812. The number of Topliss-reactive ketones (excluding diaryl/α,β-unsaturated/α-hetero) is 1. The number of hydrogen-bond acceptors (Lipinski definition) is 5. The lowest BCUT2D eigenvalue weighted by molar-refractivity contribution is 0.0239. The van der Waals surface area contributed by atoms with Gasteiger partial charge in [0.2, 0.25) is 0 Å². The lowest BCUT2D eigenvalue weighted by atomic mass is 10.0. The lowest BCUT2D eigenvalue weighted by Gasteiger charge is -2.23. The molecular weight excluding hydrogens is 246 g/mol. The van der Waals surface area contributed by atoms with Gasteiger partial charge in [-0.05, 0) is 12.1 Å². The van der Waals surface area contributed by atoms with Crippen molar-refractivity contribution in [2.24, 2.45) is 0 Å². The van der Waals surface area contributed by atoms with E-state index in [1.807, 2.05) is 0 Å². The van der Waals surface area contributed by atoms with E-state index in [-0.39, 0.29) is 11.9 Å². The third kappa shape index (κ3) is 3.24. The summed E-state index contributed by atoms with van der Waals surface area (Å²) in [6, 6.07) is 5.32. The van der Waals surface area contributed by atoms with E-state index in [2.05, 4.69) is 5.32 Å². The number of rotatable bonds is 5. The maximum atomic E-state index is 12.4. The molecule has 0 spiro atoms. The van der Waals surface area contributed by atoms with Crippen LogP contribution in [-0.4, -0.2) is 45.8 Å². The maximum Gasteiger partial charge on any atom is 0.172 e. The second kappa shape index (κ2) is 6.54. The van der Waals surface area contributed by atoms with Gasteiger partial charge in [0, 0.05) is 19.5 Å². The van der Waals surface area contributed by atoms with E-state index in [9.17, 15) is 4.79 Å². The highest BCUT2D eigenvalue weighted by Crippen LogP contribution is 2.30. The molecule has 0 saturated carbocycles. The highest BCUT2D eigenvalue weighted by Gasteiger charge is 2.23. The summed E-state index contributed by atoms with van der Waals surface area (Å²) in [5.74, 6) is 1.05. The first-order valence-corrected chi connectivity index (χ1v) is 6.32. The summed E-state index contributed by atoms with van der Waals surface area (Å²) in [6.07, 6.45) is 0.236. The van der Waals surface area contributed by atoms with Gasteiger partial charge in [0.05, 0.1) is 26.9 Å². The Morgan fingerprint density at radius 1 is 1.37 bits per heavy atom. The van der Waals surface area contributed by atoms with Crippen molar-refractivity contribution in [1.29, 1.82) is 0 Å². The van der Waals surface area contributed by atoms with E-state index in [0.717, 1.165) is 6.54 Å². The third-order valence-electron chi connectivity index (χ3n) is 3.12. The largest absolute Gasteiger partial charge is 0.496 e. The predicted molar refractivity (Wildman–Crippen MR) is 71.1 cm³/mol. The first-order valence-electron chi connectivity index (χ1n) is 6.32. The average Bonchev–Trinajstić information content (AvgIpc) is 2.47. The van der Waals surface area contributed by atoms with Gasteiger partial charge in [0.25, 0.3) is 0 Å². The Morgan fingerprint density at radius 2 is 2.05 bits per heavy atom. The molecule has 2 rings (SSSR count). The first kappa shape index (κ1) is 13.8. The molecule has 0 aliphatic carbocycles. The normalized spacial score (nSPS) is 18.9. The molecule has 1 atom stereocenters. The van der Waals surface area contributed by atoms with Crippen molar-refractivity contribution >= 4 is 5.78 Å². The molecule has 5 heteroatoms. The Hall–Kier alpha value is -1.59. The monoisotopic (exact) mass is 265 g/mol. The number of methoxy groups -OCH3 is 2. The summed E-state index contributed by atoms with van der Waals surface area (Å²) in [5.41, 5.74) is 0.488. The van der Waals surface area contributed by atoms with E-state index in [1.54, 1.807) is 32.4 Å². The van der Waals surface area contributed by atoms with Crippen LogP contribution in [-0.2, 0) is 4.74 Å². The second-order valence-corrected chi connectivity index (χ2v) is 4.36. The fourth-order valence-electron chi connectivity index (χ4n) is 2.19. The molecule has 104 valence electrons. The summed E-state index contributed by atoms with van der Waals surface area (Å²) in [6.45, 7) is 2.17. The van der Waals surface area contributed by atoms with Gasteiger partial charge in [0.15, 0.2) is 5.78 Å². The third-order valence-corrected chi connectivity index (χ3v) is 3.12. The van der Waals surface area contributed by atoms with Crippen LogP contribution in [0.4, 0.5) is 0 Å². The van der Waals surface area contributed by atoms with Gasteiger partial charge in [-0.15, -0.1) is 0 Å². The molecule has 1 saturated heterocycles. The van der Waals surface area contributed by atoms with E-state index in [1.165, 1.54) is 0 Å². The highest BCUT2D eigenvalue weighted by molar-refractivity contribution is 6.01. The maximum absolute atomic E-state index is 12.4. The Morgan fingerprint density at radius 3 is 2.58 bits per heavy atom. The van der Waals surface area contributed by atoms with Gasteiger partial charge >= 0.3 is 0 Å². The van der Waals surface area contributed by atoms with Gasteiger partial charge in [-0.25, -0.2) is 0 Å². The molecule has 5 nitrogen and oxygen atoms in total. The number of ketones is 1. The molecule has 1 aromatic carbocycles. The zero-order valence-corrected chi connectivity index (χ0v) is 11.3. The molecule has 0 aromatic heterocycles. The van der Waals surface area contributed by atoms with Crippen LogP contribution in [0.3, 0.4) is 0 Å². The summed E-state index contributed by atoms with van der Waals surface area (Å²) in [5, 5.41) is 3.21. The number of ether oxygens (including phenoxy) is 3. The van der Waals surface area contributed by atoms with Gasteiger partial charge < -0.3 is 19.5 Å². The zero-order chi connectivity index (χ0) is 13.7. The number of nitrogens with one attached hydrogen (secondary N) is 1. The smallest absolute Gasteiger partial charge is 0.172 e. The van der Waals surface area contributed by atoms with Crippen LogP contribution in [0.15, 0.2) is 18.2 Å². The molecule has 1 N–H and O–H groups in total. The molecule has 0 radical (unpaired) electrons. The fourth-order valence-corrected chi connectivity index (χ4v) is 2.19. The number of carbonyl (C=O) groups excluding carboxylic acids is 1. The molecule has 1 aromatic rings. The van der Waals surface area contributed by atoms with Crippen LogP contribution in [0, 0.1) is 0 Å². The Bertz CT molecular complexity index is 419. The van der Waals surface area contributed by atoms with Crippen molar-refractivity contribution in [3.8, 4) is 11.5 Å². The van der Waals surface area contributed by atoms with Gasteiger partial charge in [-0.1, -0.05) is 6.07 Å². The predicted octanol–water partition coefficient (Wildman–Crippen LogP) is 1.26. The lowest BCUT2D eigenvalue weighted by Crippen LogP contribution is -2.39. The standard InChI is InChI=1S/C14H19NO4/c1-17-12-4-3-5-13(18-2)14(12)11(16)8-10-9-15-6-7-19-10/h3-5,10,15H,6-9H2,1-2H3. The molecule has 0 amide bonds. The van der Waals surface area contributed by atoms with Crippen molar-refractivity contribution in [3.05, 3.63) is 23.8 Å². The van der Waals surface area contributed by atoms with Gasteiger partial charge in [-0.2, -0.15) is 0 Å². The Balaban J connectivity index is 2.17. The van der Waals surface area contributed by atoms with Crippen molar-refractivity contribution in [1.82, 2.24) is 5.32 Å². The van der Waals surface area contributed by atoms with Crippen LogP contribution >= 0.6 is 0 Å². The highest BCUT2D eigenvalue weighted by atomic mass is 16.5. The molecule has 1 aliphatic rings. The van der Waals surface area contributed by atoms with E-state index >= 15 is 0 Å². The van der Waals surface area contributed by atoms with Crippen molar-refractivity contribution in [3.63, 3.8) is 0 Å². The van der Waals surface area contributed by atoms with Crippen molar-refractivity contribution < 1.29 is 19.0 Å². The molecule has 1 aliphatic heterocycles.